The van der Waals surface area contributed by atoms with Crippen molar-refractivity contribution < 1.29 is 14.0 Å². The minimum atomic E-state index is -0.371. The summed E-state index contributed by atoms with van der Waals surface area (Å²) in [6.45, 7) is 2.44. The first kappa shape index (κ1) is 13.5. The zero-order valence-corrected chi connectivity index (χ0v) is 12.6. The molecule has 2 saturated heterocycles. The highest BCUT2D eigenvalue weighted by Crippen LogP contribution is 2.32. The third-order valence-electron chi connectivity index (χ3n) is 3.95. The molecule has 2 aliphatic heterocycles. The lowest BCUT2D eigenvalue weighted by Gasteiger charge is -2.37. The minimum Gasteiger partial charge on any atom is -0.329 e. The van der Waals surface area contributed by atoms with Crippen molar-refractivity contribution in [3.8, 4) is 0 Å². The van der Waals surface area contributed by atoms with E-state index in [0.717, 1.165) is 6.42 Å². The Morgan fingerprint density at radius 1 is 1.35 bits per heavy atom. The first-order valence-electron chi connectivity index (χ1n) is 6.55. The van der Waals surface area contributed by atoms with Crippen LogP contribution in [0.25, 0.3) is 0 Å². The van der Waals surface area contributed by atoms with Crippen LogP contribution in [-0.4, -0.2) is 35.8 Å². The van der Waals surface area contributed by atoms with Crippen LogP contribution in [0.1, 0.15) is 18.4 Å². The summed E-state index contributed by atoms with van der Waals surface area (Å²) in [5, 5.41) is 0. The standard InChI is InChI=1S/C14H14BrFN2O2/c1-8-5-10(16)9(15)6-12(8)18-7-13(19)17-4-2-3-11(17)14(18)20/h5-6,11H,2-4,7H2,1H3. The Morgan fingerprint density at radius 2 is 2.10 bits per heavy atom. The summed E-state index contributed by atoms with van der Waals surface area (Å²) in [4.78, 5) is 27.8. The Hall–Kier alpha value is -1.43. The number of hydrogen-bond acceptors (Lipinski definition) is 2. The van der Waals surface area contributed by atoms with E-state index < -0.39 is 0 Å². The highest BCUT2D eigenvalue weighted by atomic mass is 79.9. The van der Waals surface area contributed by atoms with Gasteiger partial charge >= 0.3 is 0 Å². The van der Waals surface area contributed by atoms with Crippen molar-refractivity contribution in [3.05, 3.63) is 28.0 Å². The van der Waals surface area contributed by atoms with Gasteiger partial charge < -0.3 is 9.80 Å². The number of hydrogen-bond donors (Lipinski definition) is 0. The average Bonchev–Trinajstić information content (AvgIpc) is 2.88. The first-order chi connectivity index (χ1) is 9.49. The van der Waals surface area contributed by atoms with Gasteiger partial charge in [-0.1, -0.05) is 0 Å². The molecule has 1 unspecified atom stereocenters. The van der Waals surface area contributed by atoms with Crippen LogP contribution in [0.4, 0.5) is 10.1 Å². The molecule has 0 N–H and O–H groups in total. The van der Waals surface area contributed by atoms with Crippen molar-refractivity contribution in [2.75, 3.05) is 18.0 Å². The van der Waals surface area contributed by atoms with E-state index in [0.29, 0.717) is 28.7 Å². The molecule has 0 radical (unpaired) electrons. The fourth-order valence-corrected chi connectivity index (χ4v) is 3.27. The van der Waals surface area contributed by atoms with Crippen LogP contribution >= 0.6 is 15.9 Å². The lowest BCUT2D eigenvalue weighted by Crippen LogP contribution is -2.57. The molecule has 1 atom stereocenters. The normalized spacial score (nSPS) is 22.4. The van der Waals surface area contributed by atoms with Crippen LogP contribution in [0.15, 0.2) is 16.6 Å². The second-order valence-electron chi connectivity index (χ2n) is 5.22. The quantitative estimate of drug-likeness (QED) is 0.786. The van der Waals surface area contributed by atoms with Crippen LogP contribution in [-0.2, 0) is 9.59 Å². The van der Waals surface area contributed by atoms with Crippen LogP contribution < -0.4 is 4.90 Å². The number of benzene rings is 1. The van der Waals surface area contributed by atoms with E-state index in [1.807, 2.05) is 0 Å². The van der Waals surface area contributed by atoms with Crippen LogP contribution in [0.2, 0.25) is 0 Å². The first-order valence-corrected chi connectivity index (χ1v) is 7.35. The van der Waals surface area contributed by atoms with E-state index in [2.05, 4.69) is 15.9 Å². The highest BCUT2D eigenvalue weighted by Gasteiger charge is 2.42. The van der Waals surface area contributed by atoms with E-state index in [-0.39, 0.29) is 30.2 Å². The summed E-state index contributed by atoms with van der Waals surface area (Å²) in [7, 11) is 0. The maximum absolute atomic E-state index is 13.5. The van der Waals surface area contributed by atoms with Crippen LogP contribution in [0, 0.1) is 12.7 Å². The molecule has 106 valence electrons. The van der Waals surface area contributed by atoms with Gasteiger partial charge in [-0.2, -0.15) is 0 Å². The zero-order chi connectivity index (χ0) is 14.4. The molecule has 2 aliphatic rings. The average molecular weight is 341 g/mol. The number of anilines is 1. The molecule has 2 fully saturated rings. The number of piperazine rings is 1. The second-order valence-corrected chi connectivity index (χ2v) is 6.08. The van der Waals surface area contributed by atoms with E-state index in [9.17, 15) is 14.0 Å². The fraction of sp³-hybridized carbons (Fsp3) is 0.429. The molecule has 0 aliphatic carbocycles. The van der Waals surface area contributed by atoms with Gasteiger partial charge in [-0.25, -0.2) is 4.39 Å². The van der Waals surface area contributed by atoms with Gasteiger partial charge in [0.05, 0.1) is 4.47 Å². The topological polar surface area (TPSA) is 40.6 Å². The predicted molar refractivity (Wildman–Crippen MR) is 75.9 cm³/mol. The molecule has 0 aromatic heterocycles. The summed E-state index contributed by atoms with van der Waals surface area (Å²) >= 11 is 3.13. The summed E-state index contributed by atoms with van der Waals surface area (Å²) in [5.41, 5.74) is 1.25. The Labute approximate surface area is 124 Å². The van der Waals surface area contributed by atoms with Crippen molar-refractivity contribution >= 4 is 33.4 Å². The predicted octanol–water partition coefficient (Wildman–Crippen LogP) is 2.23. The number of carbonyl (C=O) groups excluding carboxylic acids is 2. The van der Waals surface area contributed by atoms with Crippen LogP contribution in [0.3, 0.4) is 0 Å². The molecular formula is C14H14BrFN2O2. The van der Waals surface area contributed by atoms with Gasteiger partial charge in [0.2, 0.25) is 11.8 Å². The lowest BCUT2D eigenvalue weighted by atomic mass is 10.1. The summed E-state index contributed by atoms with van der Waals surface area (Å²) in [6, 6.07) is 2.60. The highest BCUT2D eigenvalue weighted by molar-refractivity contribution is 9.10. The number of carbonyl (C=O) groups is 2. The van der Waals surface area contributed by atoms with Gasteiger partial charge in [-0.3, -0.25) is 9.59 Å². The molecule has 0 spiro atoms. The number of rotatable bonds is 1. The molecule has 6 heteroatoms. The third kappa shape index (κ3) is 2.02. The Bertz CT molecular complexity index is 605. The molecule has 4 nitrogen and oxygen atoms in total. The maximum Gasteiger partial charge on any atom is 0.250 e. The molecule has 0 saturated carbocycles. The SMILES string of the molecule is Cc1cc(F)c(Br)cc1N1CC(=O)N2CCCC2C1=O. The van der Waals surface area contributed by atoms with Crippen molar-refractivity contribution in [2.24, 2.45) is 0 Å². The van der Waals surface area contributed by atoms with Gasteiger partial charge in [-0.05, 0) is 53.4 Å². The lowest BCUT2D eigenvalue weighted by molar-refractivity contribution is -0.140. The van der Waals surface area contributed by atoms with Gasteiger partial charge in [0.25, 0.3) is 0 Å². The van der Waals surface area contributed by atoms with E-state index in [1.165, 1.54) is 11.0 Å². The van der Waals surface area contributed by atoms with Gasteiger partial charge in [0.1, 0.15) is 18.4 Å². The summed E-state index contributed by atoms with van der Waals surface area (Å²) in [6.07, 6.45) is 1.57. The number of fused-ring (bicyclic) bond motifs is 1. The van der Waals surface area contributed by atoms with Crippen molar-refractivity contribution in [3.63, 3.8) is 0 Å². The Balaban J connectivity index is 2.00. The molecule has 2 heterocycles. The monoisotopic (exact) mass is 340 g/mol. The number of amides is 2. The van der Waals surface area contributed by atoms with E-state index in [1.54, 1.807) is 17.9 Å². The van der Waals surface area contributed by atoms with E-state index >= 15 is 0 Å². The largest absolute Gasteiger partial charge is 0.329 e. The molecule has 1 aromatic carbocycles. The summed E-state index contributed by atoms with van der Waals surface area (Å²) in [5.74, 6) is -0.472. The number of halogens is 2. The molecule has 3 rings (SSSR count). The Morgan fingerprint density at radius 3 is 2.85 bits per heavy atom. The second kappa shape index (κ2) is 4.84. The molecular weight excluding hydrogens is 327 g/mol. The van der Waals surface area contributed by atoms with Gasteiger partial charge in [0.15, 0.2) is 0 Å². The smallest absolute Gasteiger partial charge is 0.250 e. The van der Waals surface area contributed by atoms with Crippen molar-refractivity contribution in [1.29, 1.82) is 0 Å². The van der Waals surface area contributed by atoms with Crippen molar-refractivity contribution in [1.82, 2.24) is 4.90 Å². The number of nitrogens with zero attached hydrogens (tertiary/aromatic N) is 2. The Kier molecular flexibility index (Phi) is 3.28. The maximum atomic E-state index is 13.5. The van der Waals surface area contributed by atoms with Crippen LogP contribution in [0.5, 0.6) is 0 Å². The third-order valence-corrected chi connectivity index (χ3v) is 4.55. The van der Waals surface area contributed by atoms with E-state index in [4.69, 9.17) is 0 Å². The molecule has 2 amide bonds. The molecule has 1 aromatic rings. The number of aryl methyl sites for hydroxylation is 1. The zero-order valence-electron chi connectivity index (χ0n) is 11.0. The van der Waals surface area contributed by atoms with Gasteiger partial charge in [0, 0.05) is 12.2 Å². The fourth-order valence-electron chi connectivity index (χ4n) is 2.94. The summed E-state index contributed by atoms with van der Waals surface area (Å²) < 4.78 is 13.8. The van der Waals surface area contributed by atoms with Gasteiger partial charge in [-0.15, -0.1) is 0 Å². The molecule has 20 heavy (non-hydrogen) atoms. The minimum absolute atomic E-state index is 0.0352. The van der Waals surface area contributed by atoms with Crippen molar-refractivity contribution in [2.45, 2.75) is 25.8 Å². The molecule has 0 bridgehead atoms.